The molecule has 1 fully saturated rings. The summed E-state index contributed by atoms with van der Waals surface area (Å²) < 4.78 is 0. The highest BCUT2D eigenvalue weighted by molar-refractivity contribution is 5.55. The second kappa shape index (κ2) is 10.3. The molecule has 0 bridgehead atoms. The number of hydrogen-bond donors (Lipinski definition) is 2. The number of H-pyrrole nitrogens is 1. The fourth-order valence-electron chi connectivity index (χ4n) is 4.20. The van der Waals surface area contributed by atoms with Crippen molar-refractivity contribution in [2.75, 3.05) is 11.9 Å². The van der Waals surface area contributed by atoms with E-state index in [0.29, 0.717) is 5.69 Å². The minimum Gasteiger partial charge on any atom is -0.345 e. The Morgan fingerprint density at radius 3 is 2.91 bits per heavy atom. The number of aryl methyl sites for hydroxylation is 2. The fourth-order valence-corrected chi connectivity index (χ4v) is 4.20. The molecule has 166 valence electrons. The maximum atomic E-state index is 8.94. The van der Waals surface area contributed by atoms with Crippen molar-refractivity contribution in [2.45, 2.75) is 65.0 Å². The highest BCUT2D eigenvalue weighted by Gasteiger charge is 2.26. The summed E-state index contributed by atoms with van der Waals surface area (Å²) in [6, 6.07) is 7.85. The van der Waals surface area contributed by atoms with Gasteiger partial charge >= 0.3 is 0 Å². The van der Waals surface area contributed by atoms with Gasteiger partial charge in [0.1, 0.15) is 29.2 Å². The van der Waals surface area contributed by atoms with Crippen molar-refractivity contribution < 1.29 is 0 Å². The molecular formula is C24H30N8. The summed E-state index contributed by atoms with van der Waals surface area (Å²) in [5, 5.41) is 12.2. The lowest BCUT2D eigenvalue weighted by molar-refractivity contribution is 0.135. The minimum absolute atomic E-state index is 0.243. The SMILES string of the molecule is CCCCc1ncc(CN2CCCC[C@H]2c2cc(Nc3ccc(C#N)nc3)nc(C)n2)[nH]1. The van der Waals surface area contributed by atoms with Crippen molar-refractivity contribution in [3.8, 4) is 6.07 Å². The van der Waals surface area contributed by atoms with Crippen LogP contribution in [0.1, 0.15) is 73.8 Å². The van der Waals surface area contributed by atoms with E-state index < -0.39 is 0 Å². The van der Waals surface area contributed by atoms with Crippen LogP contribution in [-0.2, 0) is 13.0 Å². The van der Waals surface area contributed by atoms with E-state index in [4.69, 9.17) is 10.2 Å². The summed E-state index contributed by atoms with van der Waals surface area (Å²) in [7, 11) is 0. The first-order valence-electron chi connectivity index (χ1n) is 11.4. The maximum Gasteiger partial charge on any atom is 0.140 e. The van der Waals surface area contributed by atoms with Crippen LogP contribution in [0.3, 0.4) is 0 Å². The van der Waals surface area contributed by atoms with E-state index in [0.717, 1.165) is 66.9 Å². The largest absolute Gasteiger partial charge is 0.345 e. The van der Waals surface area contributed by atoms with Crippen molar-refractivity contribution >= 4 is 11.5 Å². The molecule has 2 N–H and O–H groups in total. The zero-order chi connectivity index (χ0) is 22.3. The van der Waals surface area contributed by atoms with Gasteiger partial charge in [-0.15, -0.1) is 0 Å². The first kappa shape index (κ1) is 21.9. The molecule has 4 rings (SSSR count). The third-order valence-corrected chi connectivity index (χ3v) is 5.78. The molecule has 8 heteroatoms. The van der Waals surface area contributed by atoms with E-state index >= 15 is 0 Å². The lowest BCUT2D eigenvalue weighted by Gasteiger charge is -2.35. The third-order valence-electron chi connectivity index (χ3n) is 5.78. The summed E-state index contributed by atoms with van der Waals surface area (Å²) in [4.78, 5) is 24.0. The molecule has 1 aliphatic heterocycles. The smallest absolute Gasteiger partial charge is 0.140 e. The molecule has 32 heavy (non-hydrogen) atoms. The van der Waals surface area contributed by atoms with Gasteiger partial charge in [0, 0.05) is 30.9 Å². The van der Waals surface area contributed by atoms with Gasteiger partial charge in [-0.1, -0.05) is 19.8 Å². The first-order chi connectivity index (χ1) is 15.6. The number of imidazole rings is 1. The second-order valence-corrected chi connectivity index (χ2v) is 8.33. The first-order valence-corrected chi connectivity index (χ1v) is 11.4. The van der Waals surface area contributed by atoms with E-state index in [1.807, 2.05) is 31.3 Å². The molecule has 0 amide bonds. The van der Waals surface area contributed by atoms with Crippen LogP contribution in [0.15, 0.2) is 30.6 Å². The van der Waals surface area contributed by atoms with Gasteiger partial charge in [-0.05, 0) is 44.9 Å². The normalized spacial score (nSPS) is 16.6. The highest BCUT2D eigenvalue weighted by Crippen LogP contribution is 2.32. The molecule has 8 nitrogen and oxygen atoms in total. The van der Waals surface area contributed by atoms with Crippen molar-refractivity contribution in [3.05, 3.63) is 59.3 Å². The minimum atomic E-state index is 0.243. The number of rotatable bonds is 8. The fraction of sp³-hybridized carbons (Fsp3) is 0.458. The predicted molar refractivity (Wildman–Crippen MR) is 123 cm³/mol. The van der Waals surface area contributed by atoms with Crippen LogP contribution < -0.4 is 5.32 Å². The van der Waals surface area contributed by atoms with Gasteiger partial charge in [-0.2, -0.15) is 5.26 Å². The van der Waals surface area contributed by atoms with Crippen LogP contribution in [0.25, 0.3) is 0 Å². The number of aromatic amines is 1. The zero-order valence-corrected chi connectivity index (χ0v) is 18.8. The van der Waals surface area contributed by atoms with Gasteiger partial charge in [-0.25, -0.2) is 19.9 Å². The maximum absolute atomic E-state index is 8.94. The van der Waals surface area contributed by atoms with E-state index in [2.05, 4.69) is 37.1 Å². The molecule has 3 aromatic heterocycles. The average Bonchev–Trinajstić information content (AvgIpc) is 3.25. The number of nitrogens with one attached hydrogen (secondary N) is 2. The summed E-state index contributed by atoms with van der Waals surface area (Å²) in [5.41, 5.74) is 3.39. The van der Waals surface area contributed by atoms with E-state index in [9.17, 15) is 0 Å². The molecule has 0 saturated carbocycles. The van der Waals surface area contributed by atoms with Crippen LogP contribution in [-0.4, -0.2) is 36.4 Å². The molecule has 1 saturated heterocycles. The number of nitrogens with zero attached hydrogens (tertiary/aromatic N) is 6. The molecule has 3 aromatic rings. The van der Waals surface area contributed by atoms with Crippen LogP contribution in [0.2, 0.25) is 0 Å². The summed E-state index contributed by atoms with van der Waals surface area (Å²) in [5.74, 6) is 2.56. The monoisotopic (exact) mass is 430 g/mol. The Balaban J connectivity index is 1.51. The van der Waals surface area contributed by atoms with Gasteiger partial charge in [0.25, 0.3) is 0 Å². The van der Waals surface area contributed by atoms with Crippen LogP contribution >= 0.6 is 0 Å². The van der Waals surface area contributed by atoms with E-state index in [1.165, 1.54) is 19.3 Å². The summed E-state index contributed by atoms with van der Waals surface area (Å²) in [6.07, 6.45) is 10.4. The number of pyridine rings is 1. The van der Waals surface area contributed by atoms with Crippen molar-refractivity contribution in [1.29, 1.82) is 5.26 Å². The molecule has 1 aliphatic rings. The van der Waals surface area contributed by atoms with Crippen LogP contribution in [0.4, 0.5) is 11.5 Å². The number of piperidine rings is 1. The van der Waals surface area contributed by atoms with Crippen molar-refractivity contribution in [1.82, 2.24) is 29.8 Å². The van der Waals surface area contributed by atoms with Crippen LogP contribution in [0.5, 0.6) is 0 Å². The number of aromatic nitrogens is 5. The van der Waals surface area contributed by atoms with E-state index in [-0.39, 0.29) is 6.04 Å². The molecule has 0 unspecified atom stereocenters. The second-order valence-electron chi connectivity index (χ2n) is 8.33. The average molecular weight is 431 g/mol. The lowest BCUT2D eigenvalue weighted by Crippen LogP contribution is -2.33. The predicted octanol–water partition coefficient (Wildman–Crippen LogP) is 4.59. The van der Waals surface area contributed by atoms with Gasteiger partial charge in [0.15, 0.2) is 0 Å². The Morgan fingerprint density at radius 1 is 1.22 bits per heavy atom. The number of likely N-dealkylation sites (tertiary alicyclic amines) is 1. The van der Waals surface area contributed by atoms with Crippen LogP contribution in [0, 0.1) is 18.3 Å². The van der Waals surface area contributed by atoms with Gasteiger partial charge in [-0.3, -0.25) is 4.90 Å². The highest BCUT2D eigenvalue weighted by atomic mass is 15.2. The molecular weight excluding hydrogens is 400 g/mol. The topological polar surface area (TPSA) is 106 Å². The van der Waals surface area contributed by atoms with Gasteiger partial charge < -0.3 is 10.3 Å². The standard InChI is InChI=1S/C24H30N8/c1-3-4-8-23-27-15-20(31-23)16-32-11-6-5-7-22(32)21-12-24(29-17(2)28-21)30-19-10-9-18(13-25)26-14-19/h9-10,12,14-15,22H,3-8,11,16H2,1-2H3,(H,27,31)(H,28,29,30)/t22-/m0/s1. The molecule has 0 spiro atoms. The number of hydrogen-bond acceptors (Lipinski definition) is 7. The molecule has 0 aromatic carbocycles. The molecule has 0 radical (unpaired) electrons. The number of anilines is 2. The number of nitriles is 1. The Kier molecular flexibility index (Phi) is 7.07. The summed E-state index contributed by atoms with van der Waals surface area (Å²) in [6.45, 7) is 6.01. The van der Waals surface area contributed by atoms with Crippen molar-refractivity contribution in [2.24, 2.45) is 0 Å². The molecule has 4 heterocycles. The zero-order valence-electron chi connectivity index (χ0n) is 18.8. The van der Waals surface area contributed by atoms with Crippen molar-refractivity contribution in [3.63, 3.8) is 0 Å². The summed E-state index contributed by atoms with van der Waals surface area (Å²) >= 11 is 0. The Morgan fingerprint density at radius 2 is 2.12 bits per heavy atom. The Labute approximate surface area is 189 Å². The third kappa shape index (κ3) is 5.48. The molecule has 1 atom stereocenters. The Hall–Kier alpha value is -3.31. The molecule has 0 aliphatic carbocycles. The van der Waals surface area contributed by atoms with E-state index in [1.54, 1.807) is 12.3 Å². The number of unbranched alkanes of at least 4 members (excludes halogenated alkanes) is 1. The van der Waals surface area contributed by atoms with Gasteiger partial charge in [0.2, 0.25) is 0 Å². The Bertz CT molecular complexity index is 1070. The van der Waals surface area contributed by atoms with Gasteiger partial charge in [0.05, 0.1) is 23.6 Å². The quantitative estimate of drug-likeness (QED) is 0.538. The lowest BCUT2D eigenvalue weighted by atomic mass is 9.98.